The molecule has 18 heavy (non-hydrogen) atoms. The average molecular weight is 245 g/mol. The van der Waals surface area contributed by atoms with Gasteiger partial charge < -0.3 is 4.74 Å². The first-order chi connectivity index (χ1) is 8.79. The summed E-state index contributed by atoms with van der Waals surface area (Å²) in [7, 11) is 0. The number of benzene rings is 1. The molecule has 3 heteroatoms. The number of hydrogen-bond acceptors (Lipinski definition) is 2. The summed E-state index contributed by atoms with van der Waals surface area (Å²) < 4.78 is 5.02. The molecule has 1 amide bonds. The first-order valence-corrected chi connectivity index (χ1v) is 6.90. The molecule has 0 aliphatic heterocycles. The number of rotatable bonds is 2. The molecule has 96 valence electrons. The van der Waals surface area contributed by atoms with Crippen LogP contribution in [0.25, 0.3) is 0 Å². The van der Waals surface area contributed by atoms with Crippen LogP contribution in [0.3, 0.4) is 0 Å². The van der Waals surface area contributed by atoms with E-state index in [2.05, 4.69) is 11.4 Å². The number of nitrogens with one attached hydrogen (secondary N) is 1. The zero-order valence-corrected chi connectivity index (χ0v) is 10.8. The molecule has 1 N–H and O–H groups in total. The lowest BCUT2D eigenvalue weighted by atomic mass is 9.99. The van der Waals surface area contributed by atoms with E-state index in [9.17, 15) is 4.79 Å². The average Bonchev–Trinajstić information content (AvgIpc) is 2.96. The monoisotopic (exact) mass is 245 g/mol. The minimum atomic E-state index is -0.313. The minimum absolute atomic E-state index is 0.313. The highest BCUT2D eigenvalue weighted by molar-refractivity contribution is 5.88. The van der Waals surface area contributed by atoms with Crippen molar-refractivity contribution in [1.82, 2.24) is 0 Å². The molecule has 2 aliphatic carbocycles. The lowest BCUT2D eigenvalue weighted by molar-refractivity contribution is 0.168. The number of aryl methyl sites for hydroxylation is 2. The van der Waals surface area contributed by atoms with Crippen LogP contribution in [0.15, 0.2) is 6.07 Å². The van der Waals surface area contributed by atoms with Gasteiger partial charge in [-0.05, 0) is 67.7 Å². The molecule has 0 bridgehead atoms. The molecule has 3 rings (SSSR count). The third-order valence-corrected chi connectivity index (χ3v) is 3.98. The Hall–Kier alpha value is -1.51. The Morgan fingerprint density at radius 1 is 1.17 bits per heavy atom. The van der Waals surface area contributed by atoms with Crippen LogP contribution in [0.2, 0.25) is 0 Å². The number of hydrogen-bond donors (Lipinski definition) is 1. The van der Waals surface area contributed by atoms with E-state index in [1.807, 2.05) is 6.92 Å². The van der Waals surface area contributed by atoms with Crippen LogP contribution < -0.4 is 5.32 Å². The van der Waals surface area contributed by atoms with Crippen LogP contribution in [-0.4, -0.2) is 12.7 Å². The van der Waals surface area contributed by atoms with Crippen LogP contribution in [0.4, 0.5) is 10.5 Å². The maximum Gasteiger partial charge on any atom is 0.411 e. The molecule has 2 aliphatic rings. The summed E-state index contributed by atoms with van der Waals surface area (Å²) in [5.41, 5.74) is 6.63. The van der Waals surface area contributed by atoms with Gasteiger partial charge in [0.15, 0.2) is 0 Å². The van der Waals surface area contributed by atoms with Crippen molar-refractivity contribution in [1.29, 1.82) is 0 Å². The Balaban J connectivity index is 1.99. The quantitative estimate of drug-likeness (QED) is 0.868. The standard InChI is InChI=1S/C15H19NO2/c1-2-18-15(17)16-14-12-7-3-5-10(12)9-11-6-4-8-13(11)14/h9H,2-8H2,1H3,(H,16,17). The zero-order valence-electron chi connectivity index (χ0n) is 10.8. The first kappa shape index (κ1) is 11.6. The smallest absolute Gasteiger partial charge is 0.411 e. The molecule has 0 saturated carbocycles. The summed E-state index contributed by atoms with van der Waals surface area (Å²) in [5, 5.41) is 2.98. The number of amides is 1. The fourth-order valence-electron chi connectivity index (χ4n) is 3.24. The van der Waals surface area contributed by atoms with Gasteiger partial charge in [0.05, 0.1) is 12.3 Å². The van der Waals surface area contributed by atoms with Crippen molar-refractivity contribution in [3.05, 3.63) is 28.3 Å². The molecule has 0 atom stereocenters. The van der Waals surface area contributed by atoms with E-state index in [4.69, 9.17) is 4.74 Å². The zero-order chi connectivity index (χ0) is 12.5. The summed E-state index contributed by atoms with van der Waals surface area (Å²) in [6.45, 7) is 2.25. The number of carbonyl (C=O) groups excluding carboxylic acids is 1. The first-order valence-electron chi connectivity index (χ1n) is 6.90. The highest BCUT2D eigenvalue weighted by atomic mass is 16.5. The largest absolute Gasteiger partial charge is 0.450 e. The van der Waals surface area contributed by atoms with E-state index in [-0.39, 0.29) is 6.09 Å². The fraction of sp³-hybridized carbons (Fsp3) is 0.533. The SMILES string of the molecule is CCOC(=O)Nc1c2c(cc3c1CCC3)CCC2. The summed E-state index contributed by atoms with van der Waals surface area (Å²) >= 11 is 0. The summed E-state index contributed by atoms with van der Waals surface area (Å²) in [6.07, 6.45) is 6.58. The highest BCUT2D eigenvalue weighted by Gasteiger charge is 2.24. The van der Waals surface area contributed by atoms with Gasteiger partial charge >= 0.3 is 6.09 Å². The fourth-order valence-corrected chi connectivity index (χ4v) is 3.24. The topological polar surface area (TPSA) is 38.3 Å². The van der Waals surface area contributed by atoms with Crippen molar-refractivity contribution in [2.75, 3.05) is 11.9 Å². The molecule has 1 aromatic carbocycles. The van der Waals surface area contributed by atoms with Gasteiger partial charge in [0.25, 0.3) is 0 Å². The molecular formula is C15H19NO2. The number of ether oxygens (including phenoxy) is 1. The Morgan fingerprint density at radius 2 is 1.78 bits per heavy atom. The molecule has 0 fully saturated rings. The lowest BCUT2D eigenvalue weighted by Crippen LogP contribution is -2.16. The van der Waals surface area contributed by atoms with E-state index in [0.717, 1.165) is 31.4 Å². The van der Waals surface area contributed by atoms with Crippen LogP contribution in [0.1, 0.15) is 42.0 Å². The van der Waals surface area contributed by atoms with E-state index in [1.54, 1.807) is 0 Å². The van der Waals surface area contributed by atoms with Crippen molar-refractivity contribution >= 4 is 11.8 Å². The second kappa shape index (κ2) is 4.63. The lowest BCUT2D eigenvalue weighted by Gasteiger charge is -2.15. The molecule has 3 nitrogen and oxygen atoms in total. The maximum atomic E-state index is 11.7. The predicted octanol–water partition coefficient (Wildman–Crippen LogP) is 3.23. The summed E-state index contributed by atoms with van der Waals surface area (Å²) in [4.78, 5) is 11.7. The third-order valence-electron chi connectivity index (χ3n) is 3.98. The van der Waals surface area contributed by atoms with Gasteiger partial charge in [-0.3, -0.25) is 5.32 Å². The Bertz CT molecular complexity index is 462. The Kier molecular flexibility index (Phi) is 2.98. The Labute approximate surface area is 108 Å². The normalized spacial score (nSPS) is 16.3. The third kappa shape index (κ3) is 1.88. The molecule has 0 spiro atoms. The van der Waals surface area contributed by atoms with Crippen LogP contribution in [0.5, 0.6) is 0 Å². The second-order valence-corrected chi connectivity index (χ2v) is 5.08. The van der Waals surface area contributed by atoms with Crippen molar-refractivity contribution in [2.24, 2.45) is 0 Å². The van der Waals surface area contributed by atoms with Gasteiger partial charge in [-0.1, -0.05) is 6.07 Å². The predicted molar refractivity (Wildman–Crippen MR) is 71.1 cm³/mol. The molecule has 0 unspecified atom stereocenters. The number of anilines is 1. The van der Waals surface area contributed by atoms with Gasteiger partial charge in [-0.2, -0.15) is 0 Å². The van der Waals surface area contributed by atoms with Crippen molar-refractivity contribution in [3.8, 4) is 0 Å². The van der Waals surface area contributed by atoms with Gasteiger partial charge in [0.1, 0.15) is 0 Å². The summed E-state index contributed by atoms with van der Waals surface area (Å²) in [5.74, 6) is 0. The molecule has 0 heterocycles. The van der Waals surface area contributed by atoms with Crippen molar-refractivity contribution in [3.63, 3.8) is 0 Å². The van der Waals surface area contributed by atoms with Crippen LogP contribution >= 0.6 is 0 Å². The Morgan fingerprint density at radius 3 is 2.33 bits per heavy atom. The van der Waals surface area contributed by atoms with Gasteiger partial charge in [-0.15, -0.1) is 0 Å². The molecular weight excluding hydrogens is 226 g/mol. The van der Waals surface area contributed by atoms with E-state index in [1.165, 1.54) is 35.1 Å². The highest BCUT2D eigenvalue weighted by Crippen LogP contribution is 2.38. The summed E-state index contributed by atoms with van der Waals surface area (Å²) in [6, 6.07) is 2.36. The van der Waals surface area contributed by atoms with Crippen LogP contribution in [0, 0.1) is 0 Å². The number of carbonyl (C=O) groups is 1. The van der Waals surface area contributed by atoms with Gasteiger partial charge in [0, 0.05) is 0 Å². The van der Waals surface area contributed by atoms with Crippen molar-refractivity contribution < 1.29 is 9.53 Å². The van der Waals surface area contributed by atoms with E-state index < -0.39 is 0 Å². The molecule has 0 saturated heterocycles. The van der Waals surface area contributed by atoms with Gasteiger partial charge in [-0.25, -0.2) is 4.79 Å². The molecule has 0 aromatic heterocycles. The van der Waals surface area contributed by atoms with Crippen LogP contribution in [-0.2, 0) is 30.4 Å². The minimum Gasteiger partial charge on any atom is -0.450 e. The van der Waals surface area contributed by atoms with Gasteiger partial charge in [0.2, 0.25) is 0 Å². The maximum absolute atomic E-state index is 11.7. The van der Waals surface area contributed by atoms with E-state index in [0.29, 0.717) is 6.61 Å². The van der Waals surface area contributed by atoms with Crippen molar-refractivity contribution in [2.45, 2.75) is 45.4 Å². The second-order valence-electron chi connectivity index (χ2n) is 5.08. The number of fused-ring (bicyclic) bond motifs is 2. The van der Waals surface area contributed by atoms with E-state index >= 15 is 0 Å². The molecule has 1 aromatic rings. The molecule has 0 radical (unpaired) electrons.